The SMILES string of the molecule is CC[C@H](F)C[C@]1(COC)C=C(C)[C@@H](C)C1. The number of alkyl halides is 1. The van der Waals surface area contributed by atoms with E-state index in [1.54, 1.807) is 7.11 Å². The van der Waals surface area contributed by atoms with E-state index in [4.69, 9.17) is 4.74 Å². The van der Waals surface area contributed by atoms with E-state index in [1.807, 2.05) is 6.92 Å². The standard InChI is InChI=1S/C13H23FO/c1-5-12(14)8-13(9-15-4)6-10(2)11(3)7-13/h6,11-12H,5,7-9H2,1-4H3/t11-,12-,13-/m0/s1. The number of allylic oxidation sites excluding steroid dienone is 1. The molecule has 0 aromatic heterocycles. The number of ether oxygens (including phenoxy) is 1. The quantitative estimate of drug-likeness (QED) is 0.633. The van der Waals surface area contributed by atoms with E-state index < -0.39 is 6.17 Å². The Morgan fingerprint density at radius 3 is 2.73 bits per heavy atom. The highest BCUT2D eigenvalue weighted by molar-refractivity contribution is 5.18. The van der Waals surface area contributed by atoms with E-state index in [2.05, 4.69) is 19.9 Å². The van der Waals surface area contributed by atoms with Crippen molar-refractivity contribution in [2.45, 2.75) is 46.2 Å². The molecule has 0 N–H and O–H groups in total. The second-order valence-electron chi connectivity index (χ2n) is 5.00. The Morgan fingerprint density at radius 2 is 2.33 bits per heavy atom. The third-order valence-electron chi connectivity index (χ3n) is 3.53. The molecule has 15 heavy (non-hydrogen) atoms. The Hall–Kier alpha value is -0.370. The molecular formula is C13H23FO. The molecule has 0 amide bonds. The molecule has 1 rings (SSSR count). The van der Waals surface area contributed by atoms with E-state index >= 15 is 0 Å². The van der Waals surface area contributed by atoms with Crippen LogP contribution in [0.3, 0.4) is 0 Å². The number of hydrogen-bond acceptors (Lipinski definition) is 1. The fraction of sp³-hybridized carbons (Fsp3) is 0.846. The predicted molar refractivity (Wildman–Crippen MR) is 61.7 cm³/mol. The zero-order valence-corrected chi connectivity index (χ0v) is 10.3. The second kappa shape index (κ2) is 5.11. The molecule has 1 aliphatic carbocycles. The van der Waals surface area contributed by atoms with E-state index in [0.717, 1.165) is 6.42 Å². The molecule has 2 heteroatoms. The van der Waals surface area contributed by atoms with Crippen LogP contribution in [0.5, 0.6) is 0 Å². The summed E-state index contributed by atoms with van der Waals surface area (Å²) in [4.78, 5) is 0. The molecule has 0 radical (unpaired) electrons. The lowest BCUT2D eigenvalue weighted by Crippen LogP contribution is -2.26. The van der Waals surface area contributed by atoms with Crippen molar-refractivity contribution in [2.75, 3.05) is 13.7 Å². The highest BCUT2D eigenvalue weighted by atomic mass is 19.1. The number of hydrogen-bond donors (Lipinski definition) is 0. The molecule has 88 valence electrons. The van der Waals surface area contributed by atoms with Crippen LogP contribution in [0.1, 0.15) is 40.0 Å². The zero-order valence-electron chi connectivity index (χ0n) is 10.3. The highest BCUT2D eigenvalue weighted by Crippen LogP contribution is 2.44. The van der Waals surface area contributed by atoms with Crippen molar-refractivity contribution in [3.05, 3.63) is 11.6 Å². The van der Waals surface area contributed by atoms with Crippen molar-refractivity contribution >= 4 is 0 Å². The molecule has 0 heterocycles. The van der Waals surface area contributed by atoms with E-state index in [0.29, 0.717) is 25.4 Å². The maximum absolute atomic E-state index is 13.5. The van der Waals surface area contributed by atoms with Gasteiger partial charge in [0.15, 0.2) is 0 Å². The van der Waals surface area contributed by atoms with Gasteiger partial charge >= 0.3 is 0 Å². The summed E-state index contributed by atoms with van der Waals surface area (Å²) in [6, 6.07) is 0. The fourth-order valence-corrected chi connectivity index (χ4v) is 2.63. The molecule has 0 aromatic carbocycles. The Morgan fingerprint density at radius 1 is 1.67 bits per heavy atom. The van der Waals surface area contributed by atoms with E-state index in [1.165, 1.54) is 5.57 Å². The molecule has 0 saturated heterocycles. The van der Waals surface area contributed by atoms with Crippen LogP contribution >= 0.6 is 0 Å². The third-order valence-corrected chi connectivity index (χ3v) is 3.53. The molecule has 0 saturated carbocycles. The summed E-state index contributed by atoms with van der Waals surface area (Å²) < 4.78 is 18.8. The van der Waals surface area contributed by atoms with Gasteiger partial charge in [0, 0.05) is 12.5 Å². The van der Waals surface area contributed by atoms with Gasteiger partial charge in [0.25, 0.3) is 0 Å². The molecule has 3 atom stereocenters. The molecule has 1 nitrogen and oxygen atoms in total. The monoisotopic (exact) mass is 214 g/mol. The smallest absolute Gasteiger partial charge is 0.101 e. The highest BCUT2D eigenvalue weighted by Gasteiger charge is 2.37. The van der Waals surface area contributed by atoms with Gasteiger partial charge in [-0.15, -0.1) is 0 Å². The van der Waals surface area contributed by atoms with Gasteiger partial charge in [0.2, 0.25) is 0 Å². The third kappa shape index (κ3) is 3.04. The first-order valence-corrected chi connectivity index (χ1v) is 5.85. The maximum Gasteiger partial charge on any atom is 0.101 e. The summed E-state index contributed by atoms with van der Waals surface area (Å²) in [5, 5.41) is 0. The number of halogens is 1. The lowest BCUT2D eigenvalue weighted by molar-refractivity contribution is 0.0778. The van der Waals surface area contributed by atoms with Crippen LogP contribution in [0.4, 0.5) is 4.39 Å². The molecule has 0 unspecified atom stereocenters. The van der Waals surface area contributed by atoms with Crippen molar-refractivity contribution in [1.82, 2.24) is 0 Å². The van der Waals surface area contributed by atoms with Crippen LogP contribution < -0.4 is 0 Å². The molecule has 0 aliphatic heterocycles. The summed E-state index contributed by atoms with van der Waals surface area (Å²) in [7, 11) is 1.70. The second-order valence-corrected chi connectivity index (χ2v) is 5.00. The predicted octanol–water partition coefficient (Wildman–Crippen LogP) is 3.74. The summed E-state index contributed by atoms with van der Waals surface area (Å²) >= 11 is 0. The minimum atomic E-state index is -0.700. The van der Waals surface area contributed by atoms with Gasteiger partial charge in [-0.05, 0) is 32.1 Å². The molecule has 0 spiro atoms. The van der Waals surface area contributed by atoms with E-state index in [-0.39, 0.29) is 5.41 Å². The lowest BCUT2D eigenvalue weighted by atomic mass is 9.81. The van der Waals surface area contributed by atoms with Crippen LogP contribution in [-0.4, -0.2) is 19.9 Å². The minimum Gasteiger partial charge on any atom is -0.384 e. The van der Waals surface area contributed by atoms with Gasteiger partial charge in [0.05, 0.1) is 6.61 Å². The zero-order chi connectivity index (χ0) is 11.5. The summed E-state index contributed by atoms with van der Waals surface area (Å²) in [6.45, 7) is 6.90. The van der Waals surface area contributed by atoms with Gasteiger partial charge < -0.3 is 4.74 Å². The van der Waals surface area contributed by atoms with Crippen molar-refractivity contribution in [2.24, 2.45) is 11.3 Å². The Balaban J connectivity index is 2.73. The molecule has 0 aromatic rings. The molecule has 1 aliphatic rings. The van der Waals surface area contributed by atoms with Gasteiger partial charge in [0.1, 0.15) is 6.17 Å². The number of methoxy groups -OCH3 is 1. The Bertz CT molecular complexity index is 237. The molecule has 0 fully saturated rings. The largest absolute Gasteiger partial charge is 0.384 e. The molecule has 0 bridgehead atoms. The van der Waals surface area contributed by atoms with Crippen LogP contribution in [0.2, 0.25) is 0 Å². The minimum absolute atomic E-state index is 0.0479. The lowest BCUT2D eigenvalue weighted by Gasteiger charge is -2.28. The summed E-state index contributed by atoms with van der Waals surface area (Å²) in [6.07, 6.45) is 3.79. The number of rotatable bonds is 5. The van der Waals surface area contributed by atoms with Crippen molar-refractivity contribution in [3.63, 3.8) is 0 Å². The Labute approximate surface area is 92.7 Å². The fourth-order valence-electron chi connectivity index (χ4n) is 2.63. The van der Waals surface area contributed by atoms with Crippen LogP contribution in [0.15, 0.2) is 11.6 Å². The Kier molecular flexibility index (Phi) is 4.32. The summed E-state index contributed by atoms with van der Waals surface area (Å²) in [5.41, 5.74) is 1.34. The van der Waals surface area contributed by atoms with Gasteiger partial charge in [-0.25, -0.2) is 4.39 Å². The van der Waals surface area contributed by atoms with Crippen molar-refractivity contribution in [1.29, 1.82) is 0 Å². The van der Waals surface area contributed by atoms with Gasteiger partial charge in [-0.3, -0.25) is 0 Å². The van der Waals surface area contributed by atoms with Gasteiger partial charge in [-0.2, -0.15) is 0 Å². The van der Waals surface area contributed by atoms with Crippen LogP contribution in [0.25, 0.3) is 0 Å². The van der Waals surface area contributed by atoms with Gasteiger partial charge in [-0.1, -0.05) is 25.5 Å². The van der Waals surface area contributed by atoms with E-state index in [9.17, 15) is 4.39 Å². The van der Waals surface area contributed by atoms with Crippen molar-refractivity contribution in [3.8, 4) is 0 Å². The summed E-state index contributed by atoms with van der Waals surface area (Å²) in [5.74, 6) is 0.573. The topological polar surface area (TPSA) is 9.23 Å². The first-order valence-electron chi connectivity index (χ1n) is 5.85. The molecular weight excluding hydrogens is 191 g/mol. The average Bonchev–Trinajstić information content (AvgIpc) is 2.42. The van der Waals surface area contributed by atoms with Crippen LogP contribution in [0, 0.1) is 11.3 Å². The normalized spacial score (nSPS) is 32.9. The average molecular weight is 214 g/mol. The van der Waals surface area contributed by atoms with Crippen molar-refractivity contribution < 1.29 is 9.13 Å². The first-order chi connectivity index (χ1) is 7.03. The first kappa shape index (κ1) is 12.7. The maximum atomic E-state index is 13.5. The van der Waals surface area contributed by atoms with Crippen LogP contribution in [-0.2, 0) is 4.74 Å².